The summed E-state index contributed by atoms with van der Waals surface area (Å²) in [7, 11) is 0. The minimum absolute atomic E-state index is 0.0468. The van der Waals surface area contributed by atoms with Gasteiger partial charge in [0.1, 0.15) is 5.82 Å². The summed E-state index contributed by atoms with van der Waals surface area (Å²) in [5.74, 6) is -0.280. The number of fused-ring (bicyclic) bond motifs is 1. The Morgan fingerprint density at radius 3 is 3.07 bits per heavy atom. The predicted octanol–water partition coefficient (Wildman–Crippen LogP) is 2.85. The number of nitrogens with one attached hydrogen (secondary N) is 1. The summed E-state index contributed by atoms with van der Waals surface area (Å²) in [6.45, 7) is 4.48. The second-order valence-electron chi connectivity index (χ2n) is 3.35. The summed E-state index contributed by atoms with van der Waals surface area (Å²) < 4.78 is 13.6. The molecule has 0 fully saturated rings. The van der Waals surface area contributed by atoms with Crippen LogP contribution in [0.5, 0.6) is 0 Å². The third kappa shape index (κ3) is 1.45. The molecule has 0 aliphatic carbocycles. The van der Waals surface area contributed by atoms with Crippen molar-refractivity contribution in [2.45, 2.75) is 12.5 Å². The molecular formula is C11H11ClFN. The van der Waals surface area contributed by atoms with Gasteiger partial charge in [-0.1, -0.05) is 23.7 Å². The zero-order valence-corrected chi connectivity index (χ0v) is 8.44. The number of halogens is 2. The summed E-state index contributed by atoms with van der Waals surface area (Å²) in [5.41, 5.74) is 1.68. The topological polar surface area (TPSA) is 12.0 Å². The van der Waals surface area contributed by atoms with Crippen LogP contribution in [0.3, 0.4) is 0 Å². The van der Waals surface area contributed by atoms with Gasteiger partial charge in [-0.15, -0.1) is 6.58 Å². The normalized spacial score (nSPS) is 20.3. The van der Waals surface area contributed by atoms with Crippen molar-refractivity contribution in [1.82, 2.24) is 5.32 Å². The van der Waals surface area contributed by atoms with Gasteiger partial charge in [0.05, 0.1) is 11.1 Å². The summed E-state index contributed by atoms with van der Waals surface area (Å²) >= 11 is 5.72. The van der Waals surface area contributed by atoms with E-state index in [-0.39, 0.29) is 16.9 Å². The molecule has 0 saturated heterocycles. The molecule has 0 spiro atoms. The van der Waals surface area contributed by atoms with Gasteiger partial charge in [0.15, 0.2) is 0 Å². The molecule has 0 radical (unpaired) electrons. The van der Waals surface area contributed by atoms with Crippen LogP contribution in [0.25, 0.3) is 0 Å². The van der Waals surface area contributed by atoms with Crippen LogP contribution in [0.2, 0.25) is 5.02 Å². The fraction of sp³-hybridized carbons (Fsp3) is 0.273. The SMILES string of the molecule is C=CC1NCCc2c1ccc(Cl)c2F. The summed E-state index contributed by atoms with van der Waals surface area (Å²) in [6, 6.07) is 3.50. The Labute approximate surface area is 87.6 Å². The molecule has 74 valence electrons. The smallest absolute Gasteiger partial charge is 0.145 e. The molecule has 1 N–H and O–H groups in total. The standard InChI is InChI=1S/C11H11ClFN/c1-2-10-7-3-4-9(12)11(13)8(7)5-6-14-10/h2-4,10,14H,1,5-6H2. The number of rotatable bonds is 1. The van der Waals surface area contributed by atoms with Crippen molar-refractivity contribution >= 4 is 11.6 Å². The van der Waals surface area contributed by atoms with Crippen LogP contribution >= 0.6 is 11.6 Å². The number of hydrogen-bond acceptors (Lipinski definition) is 1. The zero-order valence-electron chi connectivity index (χ0n) is 7.69. The van der Waals surface area contributed by atoms with Crippen molar-refractivity contribution in [2.24, 2.45) is 0 Å². The number of hydrogen-bond donors (Lipinski definition) is 1. The van der Waals surface area contributed by atoms with Crippen molar-refractivity contribution < 1.29 is 4.39 Å². The molecule has 1 unspecified atom stereocenters. The zero-order chi connectivity index (χ0) is 10.1. The first-order valence-electron chi connectivity index (χ1n) is 4.56. The quantitative estimate of drug-likeness (QED) is 0.705. The number of benzene rings is 1. The van der Waals surface area contributed by atoms with Gasteiger partial charge >= 0.3 is 0 Å². The Hall–Kier alpha value is -0.860. The van der Waals surface area contributed by atoms with Crippen LogP contribution in [0, 0.1) is 5.82 Å². The van der Waals surface area contributed by atoms with Gasteiger partial charge in [0.25, 0.3) is 0 Å². The molecule has 14 heavy (non-hydrogen) atoms. The van der Waals surface area contributed by atoms with E-state index in [0.717, 1.165) is 17.7 Å². The van der Waals surface area contributed by atoms with E-state index in [2.05, 4.69) is 11.9 Å². The molecule has 0 bridgehead atoms. The van der Waals surface area contributed by atoms with Crippen LogP contribution in [0.4, 0.5) is 4.39 Å². The van der Waals surface area contributed by atoms with Gasteiger partial charge in [-0.3, -0.25) is 0 Å². The Morgan fingerprint density at radius 1 is 1.57 bits per heavy atom. The van der Waals surface area contributed by atoms with Crippen molar-refractivity contribution in [3.05, 3.63) is 46.8 Å². The second kappa shape index (κ2) is 3.71. The van der Waals surface area contributed by atoms with Crippen molar-refractivity contribution in [1.29, 1.82) is 0 Å². The minimum Gasteiger partial charge on any atom is -0.306 e. The van der Waals surface area contributed by atoms with Crippen LogP contribution in [-0.4, -0.2) is 6.54 Å². The minimum atomic E-state index is -0.280. The van der Waals surface area contributed by atoms with Crippen molar-refractivity contribution in [3.8, 4) is 0 Å². The highest BCUT2D eigenvalue weighted by molar-refractivity contribution is 6.30. The predicted molar refractivity (Wildman–Crippen MR) is 56.1 cm³/mol. The molecule has 1 aliphatic heterocycles. The van der Waals surface area contributed by atoms with E-state index in [1.54, 1.807) is 12.1 Å². The average molecular weight is 212 g/mol. The monoisotopic (exact) mass is 211 g/mol. The van der Waals surface area contributed by atoms with E-state index in [9.17, 15) is 4.39 Å². The molecule has 2 rings (SSSR count). The molecule has 0 aromatic heterocycles. The first-order valence-corrected chi connectivity index (χ1v) is 4.94. The highest BCUT2D eigenvalue weighted by Crippen LogP contribution is 2.29. The first-order chi connectivity index (χ1) is 6.74. The molecule has 1 nitrogen and oxygen atoms in total. The van der Waals surface area contributed by atoms with E-state index in [1.165, 1.54) is 0 Å². The third-order valence-electron chi connectivity index (χ3n) is 2.54. The van der Waals surface area contributed by atoms with Crippen LogP contribution in [0.1, 0.15) is 17.2 Å². The summed E-state index contributed by atoms with van der Waals surface area (Å²) in [4.78, 5) is 0. The molecule has 1 aliphatic rings. The molecule has 3 heteroatoms. The molecular weight excluding hydrogens is 201 g/mol. The van der Waals surface area contributed by atoms with E-state index in [4.69, 9.17) is 11.6 Å². The maximum atomic E-state index is 13.6. The van der Waals surface area contributed by atoms with E-state index < -0.39 is 0 Å². The van der Waals surface area contributed by atoms with Crippen LogP contribution in [-0.2, 0) is 6.42 Å². The van der Waals surface area contributed by atoms with E-state index in [0.29, 0.717) is 6.42 Å². The highest BCUT2D eigenvalue weighted by Gasteiger charge is 2.21. The van der Waals surface area contributed by atoms with Gasteiger partial charge in [0.2, 0.25) is 0 Å². The average Bonchev–Trinajstić information content (AvgIpc) is 2.23. The highest BCUT2D eigenvalue weighted by atomic mass is 35.5. The van der Waals surface area contributed by atoms with Crippen molar-refractivity contribution in [3.63, 3.8) is 0 Å². The molecule has 1 heterocycles. The molecule has 1 aromatic carbocycles. The van der Waals surface area contributed by atoms with E-state index in [1.807, 2.05) is 6.07 Å². The van der Waals surface area contributed by atoms with Gasteiger partial charge in [-0.25, -0.2) is 4.39 Å². The Morgan fingerprint density at radius 2 is 2.36 bits per heavy atom. The van der Waals surface area contributed by atoms with Gasteiger partial charge < -0.3 is 5.32 Å². The maximum absolute atomic E-state index is 13.6. The van der Waals surface area contributed by atoms with Crippen LogP contribution in [0.15, 0.2) is 24.8 Å². The fourth-order valence-electron chi connectivity index (χ4n) is 1.83. The van der Waals surface area contributed by atoms with E-state index >= 15 is 0 Å². The lowest BCUT2D eigenvalue weighted by molar-refractivity contribution is 0.540. The Bertz CT molecular complexity index is 376. The molecule has 1 atom stereocenters. The largest absolute Gasteiger partial charge is 0.306 e. The van der Waals surface area contributed by atoms with Gasteiger partial charge in [0, 0.05) is 6.54 Å². The summed E-state index contributed by atoms with van der Waals surface area (Å²) in [6.07, 6.45) is 2.47. The second-order valence-corrected chi connectivity index (χ2v) is 3.75. The summed E-state index contributed by atoms with van der Waals surface area (Å²) in [5, 5.41) is 3.45. The lowest BCUT2D eigenvalue weighted by atomic mass is 9.94. The van der Waals surface area contributed by atoms with Gasteiger partial charge in [-0.05, 0) is 23.6 Å². The first kappa shape index (κ1) is 9.69. The molecule has 0 saturated carbocycles. The van der Waals surface area contributed by atoms with Crippen LogP contribution < -0.4 is 5.32 Å². The molecule has 1 aromatic rings. The Balaban J connectivity index is 2.55. The molecule has 0 amide bonds. The van der Waals surface area contributed by atoms with Gasteiger partial charge in [-0.2, -0.15) is 0 Å². The lowest BCUT2D eigenvalue weighted by Crippen LogP contribution is -2.29. The lowest BCUT2D eigenvalue weighted by Gasteiger charge is -2.24. The fourth-order valence-corrected chi connectivity index (χ4v) is 2.00. The Kier molecular flexibility index (Phi) is 2.57. The third-order valence-corrected chi connectivity index (χ3v) is 2.83. The maximum Gasteiger partial charge on any atom is 0.145 e. The van der Waals surface area contributed by atoms with Crippen molar-refractivity contribution in [2.75, 3.05) is 6.54 Å².